The van der Waals surface area contributed by atoms with Gasteiger partial charge >= 0.3 is 17.2 Å². The molecule has 0 aliphatic rings. The molecule has 0 fully saturated rings. The summed E-state index contributed by atoms with van der Waals surface area (Å²) in [5, 5.41) is 0. The Bertz CT molecular complexity index is 1480. The van der Waals surface area contributed by atoms with Gasteiger partial charge in [0.2, 0.25) is 9.79 Å². The topological polar surface area (TPSA) is 32.8 Å². The van der Waals surface area contributed by atoms with Gasteiger partial charge in [0.05, 0.1) is 0 Å². The fourth-order valence-electron chi connectivity index (χ4n) is 3.60. The molecule has 0 saturated heterocycles. The summed E-state index contributed by atoms with van der Waals surface area (Å²) in [6.07, 6.45) is 0. The fourth-order valence-corrected chi connectivity index (χ4v) is 5.44. The van der Waals surface area contributed by atoms with Crippen molar-refractivity contribution in [1.29, 1.82) is 0 Å². The van der Waals surface area contributed by atoms with Crippen LogP contribution in [0.15, 0.2) is 88.7 Å². The van der Waals surface area contributed by atoms with Gasteiger partial charge in [0, 0.05) is 39.6 Å². The molecule has 0 N–H and O–H groups in total. The van der Waals surface area contributed by atoms with Crippen LogP contribution in [0.2, 0.25) is 0 Å². The van der Waals surface area contributed by atoms with Crippen molar-refractivity contribution in [2.45, 2.75) is 9.79 Å². The van der Waals surface area contributed by atoms with E-state index < -0.39 is 51.7 Å². The molecule has 0 radical (unpaired) electrons. The third-order valence-electron chi connectivity index (χ3n) is 5.85. The van der Waals surface area contributed by atoms with Gasteiger partial charge in [0.25, 0.3) is 0 Å². The minimum Gasteiger partial charge on any atom is -0.445 e. The molecule has 0 aliphatic carbocycles. The maximum Gasteiger partial charge on any atom is 0.515 e. The van der Waals surface area contributed by atoms with Crippen molar-refractivity contribution < 1.29 is 43.3 Å². The number of hydrogen-bond donors (Lipinski definition) is 0. The molecule has 4 aromatic rings. The number of anilines is 2. The van der Waals surface area contributed by atoms with Crippen LogP contribution in [0.25, 0.3) is 0 Å². The molecule has 224 valence electrons. The molecule has 0 unspecified atom stereocenters. The summed E-state index contributed by atoms with van der Waals surface area (Å²) in [5.41, 5.74) is -0.641. The van der Waals surface area contributed by atoms with Crippen LogP contribution >= 0.6 is 0 Å². The third-order valence-corrected chi connectivity index (χ3v) is 8.07. The Balaban J connectivity index is 0.000000274. The lowest BCUT2D eigenvalue weighted by atomic mass is 9.79. The molecule has 4 aromatic carbocycles. The molecular formula is C28H25BF8N2O2S. The number of benzene rings is 4. The Labute approximate surface area is 238 Å². The average Bonchev–Trinajstić information content (AvgIpc) is 2.95. The number of hydrogen-bond acceptors (Lipinski definition) is 4. The summed E-state index contributed by atoms with van der Waals surface area (Å²) in [4.78, 5) is 5.31. The molecule has 0 bridgehead atoms. The molecule has 4 rings (SSSR count). The van der Waals surface area contributed by atoms with Gasteiger partial charge in [0.15, 0.2) is 23.2 Å². The lowest BCUT2D eigenvalue weighted by Crippen LogP contribution is -2.41. The van der Waals surface area contributed by atoms with Gasteiger partial charge in [-0.3, -0.25) is 4.18 Å². The van der Waals surface area contributed by atoms with Crippen LogP contribution in [0.5, 0.6) is 5.75 Å². The normalized spacial score (nSPS) is 11.4. The zero-order chi connectivity index (χ0) is 31.4. The molecule has 0 spiro atoms. The highest BCUT2D eigenvalue weighted by atomic mass is 32.3. The highest BCUT2D eigenvalue weighted by Crippen LogP contribution is 2.34. The van der Waals surface area contributed by atoms with Crippen LogP contribution in [-0.4, -0.2) is 35.2 Å². The predicted octanol–water partition coefficient (Wildman–Crippen LogP) is 7.17. The zero-order valence-electron chi connectivity index (χ0n) is 22.7. The van der Waals surface area contributed by atoms with E-state index in [0.717, 1.165) is 11.4 Å². The number of para-hydroxylation sites is 1. The summed E-state index contributed by atoms with van der Waals surface area (Å²) in [6, 6.07) is 24.6. The van der Waals surface area contributed by atoms with E-state index in [9.17, 15) is 39.1 Å². The van der Waals surface area contributed by atoms with E-state index in [1.54, 1.807) is 0 Å². The SMILES string of the molecule is CN(C)c1ccc([S+](=O)(Oc2ccccc2)c2ccc(N(C)C)cc2)cc1.Fc1c(F)c(F)c([B-](F)(F)F)c(F)c1F. The van der Waals surface area contributed by atoms with Crippen molar-refractivity contribution in [2.24, 2.45) is 0 Å². The lowest BCUT2D eigenvalue weighted by molar-refractivity contribution is 0.377. The first-order valence-corrected chi connectivity index (χ1v) is 13.6. The lowest BCUT2D eigenvalue weighted by Gasteiger charge is -2.17. The Kier molecular flexibility index (Phi) is 9.92. The van der Waals surface area contributed by atoms with Gasteiger partial charge in [-0.1, -0.05) is 18.2 Å². The van der Waals surface area contributed by atoms with Gasteiger partial charge in [-0.25, -0.2) is 22.0 Å². The summed E-state index contributed by atoms with van der Waals surface area (Å²) in [6.45, 7) is -6.30. The Morgan fingerprint density at radius 3 is 1.26 bits per heavy atom. The second-order valence-corrected chi connectivity index (χ2v) is 11.4. The Morgan fingerprint density at radius 1 is 0.571 bits per heavy atom. The molecule has 42 heavy (non-hydrogen) atoms. The van der Waals surface area contributed by atoms with E-state index in [0.29, 0.717) is 15.5 Å². The van der Waals surface area contributed by atoms with Crippen LogP contribution in [-0.2, 0) is 14.4 Å². The molecule has 14 heteroatoms. The second kappa shape index (κ2) is 12.8. The number of nitrogens with zero attached hydrogens (tertiary/aromatic N) is 2. The van der Waals surface area contributed by atoms with Gasteiger partial charge in [-0.2, -0.15) is 0 Å². The minimum absolute atomic E-state index is 0.580. The molecule has 0 atom stereocenters. The minimum atomic E-state index is -6.30. The third kappa shape index (κ3) is 7.04. The van der Waals surface area contributed by atoms with E-state index in [1.807, 2.05) is 117 Å². The second-order valence-electron chi connectivity index (χ2n) is 9.23. The fraction of sp³-hybridized carbons (Fsp3) is 0.143. The van der Waals surface area contributed by atoms with Crippen LogP contribution in [0.1, 0.15) is 0 Å². The maximum absolute atomic E-state index is 14.1. The molecular weight excluding hydrogens is 591 g/mol. The average molecular weight is 616 g/mol. The van der Waals surface area contributed by atoms with Gasteiger partial charge in [-0.15, -0.1) is 0 Å². The molecule has 0 aliphatic heterocycles. The van der Waals surface area contributed by atoms with Crippen LogP contribution in [0.3, 0.4) is 0 Å². The molecule has 0 amide bonds. The standard InChI is InChI=1S/C22H25N2O2S.C6BF8/c1-23(2)18-10-14-21(15-11-18)27(25,26-20-8-6-5-7-9-20)22-16-12-19(13-17-22)24(3)4;8-2-1(7(13,14)15)3(9)5(11)6(12)4(2)10/h5-17H,1-4H3;/q+1;-1. The van der Waals surface area contributed by atoms with E-state index in [-0.39, 0.29) is 0 Å². The zero-order valence-corrected chi connectivity index (χ0v) is 23.5. The number of halogens is 8. The quantitative estimate of drug-likeness (QED) is 0.0726. The first-order chi connectivity index (χ1) is 19.6. The van der Waals surface area contributed by atoms with Crippen LogP contribution in [0.4, 0.5) is 46.3 Å². The van der Waals surface area contributed by atoms with E-state index >= 15 is 0 Å². The van der Waals surface area contributed by atoms with E-state index in [4.69, 9.17) is 4.18 Å². The highest BCUT2D eigenvalue weighted by Gasteiger charge is 2.39. The maximum atomic E-state index is 14.1. The van der Waals surface area contributed by atoms with Gasteiger partial charge < -0.3 is 22.7 Å². The van der Waals surface area contributed by atoms with E-state index in [2.05, 4.69) is 0 Å². The van der Waals surface area contributed by atoms with E-state index in [1.165, 1.54) is 0 Å². The Hall–Kier alpha value is -4.07. The van der Waals surface area contributed by atoms with Crippen LogP contribution in [0, 0.1) is 29.1 Å². The van der Waals surface area contributed by atoms with Gasteiger partial charge in [-0.05, 0) is 70.3 Å². The van der Waals surface area contributed by atoms with Crippen molar-refractivity contribution >= 4 is 34.0 Å². The van der Waals surface area contributed by atoms with Crippen molar-refractivity contribution in [1.82, 2.24) is 0 Å². The van der Waals surface area contributed by atoms with Crippen molar-refractivity contribution in [2.75, 3.05) is 38.0 Å². The van der Waals surface area contributed by atoms with Crippen LogP contribution < -0.4 is 19.4 Å². The monoisotopic (exact) mass is 616 g/mol. The summed E-state index contributed by atoms with van der Waals surface area (Å²) < 4.78 is 118. The summed E-state index contributed by atoms with van der Waals surface area (Å²) in [7, 11) is 4.99. The molecule has 4 nitrogen and oxygen atoms in total. The summed E-state index contributed by atoms with van der Waals surface area (Å²) in [5.74, 6) is -13.0. The number of rotatable bonds is 7. The molecule has 0 aromatic heterocycles. The first kappa shape index (κ1) is 32.4. The van der Waals surface area contributed by atoms with Crippen molar-refractivity contribution in [3.05, 3.63) is 108 Å². The highest BCUT2D eigenvalue weighted by molar-refractivity contribution is 7.99. The summed E-state index contributed by atoms with van der Waals surface area (Å²) >= 11 is 0. The largest absolute Gasteiger partial charge is 0.515 e. The molecule has 0 saturated carbocycles. The predicted molar refractivity (Wildman–Crippen MR) is 148 cm³/mol. The first-order valence-electron chi connectivity index (χ1n) is 12.1. The Morgan fingerprint density at radius 2 is 0.929 bits per heavy atom. The van der Waals surface area contributed by atoms with Crippen molar-refractivity contribution in [3.8, 4) is 5.75 Å². The van der Waals surface area contributed by atoms with Gasteiger partial charge in [0.1, 0.15) is 11.6 Å². The smallest absolute Gasteiger partial charge is 0.445 e. The van der Waals surface area contributed by atoms with Crippen molar-refractivity contribution in [3.63, 3.8) is 0 Å². The molecule has 0 heterocycles.